The van der Waals surface area contributed by atoms with E-state index in [-0.39, 0.29) is 5.91 Å². The lowest BCUT2D eigenvalue weighted by atomic mass is 10.00. The van der Waals surface area contributed by atoms with E-state index in [1.54, 1.807) is 20.9 Å². The summed E-state index contributed by atoms with van der Waals surface area (Å²) in [5.41, 5.74) is 1.92. The second-order valence-corrected chi connectivity index (χ2v) is 5.85. The maximum absolute atomic E-state index is 12.3. The number of amides is 1. The Balaban J connectivity index is 1.99. The Bertz CT molecular complexity index is 545. The van der Waals surface area contributed by atoms with Crippen molar-refractivity contribution in [3.05, 3.63) is 35.4 Å². The van der Waals surface area contributed by atoms with Gasteiger partial charge in [0.05, 0.1) is 12.6 Å². The van der Waals surface area contributed by atoms with E-state index in [2.05, 4.69) is 29.2 Å². The largest absolute Gasteiger partial charge is 0.326 e. The molecule has 1 aliphatic rings. The minimum Gasteiger partial charge on any atom is -0.326 e. The van der Waals surface area contributed by atoms with Crippen molar-refractivity contribution in [1.82, 2.24) is 9.80 Å². The number of nitriles is 1. The van der Waals surface area contributed by atoms with Crippen molar-refractivity contribution in [2.45, 2.75) is 32.4 Å². The Kier molecular flexibility index (Phi) is 4.10. The number of nitrogens with zero attached hydrogens (tertiary/aromatic N) is 3. The van der Waals surface area contributed by atoms with Crippen LogP contribution < -0.4 is 0 Å². The molecule has 0 N–H and O–H groups in total. The van der Waals surface area contributed by atoms with Gasteiger partial charge in [-0.05, 0) is 31.4 Å². The molecular weight excluding hydrogens is 250 g/mol. The van der Waals surface area contributed by atoms with Gasteiger partial charge in [0.15, 0.2) is 0 Å². The molecule has 0 atom stereocenters. The second-order valence-electron chi connectivity index (χ2n) is 5.85. The SMILES string of the molecule is CN(C(=O)CN1CCc2ccccc2C1)C(C)(C)C#N. The molecule has 106 valence electrons. The highest BCUT2D eigenvalue weighted by molar-refractivity contribution is 5.79. The van der Waals surface area contributed by atoms with Crippen molar-refractivity contribution in [3.63, 3.8) is 0 Å². The van der Waals surface area contributed by atoms with Gasteiger partial charge in [-0.25, -0.2) is 0 Å². The summed E-state index contributed by atoms with van der Waals surface area (Å²) in [6.45, 7) is 5.59. The van der Waals surface area contributed by atoms with Gasteiger partial charge in [0, 0.05) is 20.1 Å². The van der Waals surface area contributed by atoms with Crippen LogP contribution >= 0.6 is 0 Å². The third kappa shape index (κ3) is 3.00. The fraction of sp³-hybridized carbons (Fsp3) is 0.500. The van der Waals surface area contributed by atoms with Crippen molar-refractivity contribution < 1.29 is 4.79 Å². The van der Waals surface area contributed by atoms with Crippen molar-refractivity contribution in [3.8, 4) is 6.07 Å². The van der Waals surface area contributed by atoms with Crippen LogP contribution in [-0.2, 0) is 17.8 Å². The monoisotopic (exact) mass is 271 g/mol. The minimum absolute atomic E-state index is 0.00377. The number of fused-ring (bicyclic) bond motifs is 1. The van der Waals surface area contributed by atoms with E-state index in [4.69, 9.17) is 5.26 Å². The third-order valence-corrected chi connectivity index (χ3v) is 4.05. The summed E-state index contributed by atoms with van der Waals surface area (Å²) in [6, 6.07) is 10.5. The van der Waals surface area contributed by atoms with E-state index < -0.39 is 5.54 Å². The normalized spacial score (nSPS) is 15.3. The lowest BCUT2D eigenvalue weighted by Gasteiger charge is -2.33. The Morgan fingerprint density at radius 2 is 2.05 bits per heavy atom. The fourth-order valence-corrected chi connectivity index (χ4v) is 2.37. The Morgan fingerprint density at radius 1 is 1.40 bits per heavy atom. The summed E-state index contributed by atoms with van der Waals surface area (Å²) in [5, 5.41) is 9.09. The second kappa shape index (κ2) is 5.64. The minimum atomic E-state index is -0.759. The number of carbonyl (C=O) groups is 1. The van der Waals surface area contributed by atoms with Crippen molar-refractivity contribution in [1.29, 1.82) is 5.26 Å². The molecule has 1 aromatic carbocycles. The van der Waals surface area contributed by atoms with Crippen LogP contribution in [0.1, 0.15) is 25.0 Å². The molecule has 1 aromatic rings. The van der Waals surface area contributed by atoms with Gasteiger partial charge in [0.25, 0.3) is 0 Å². The first kappa shape index (κ1) is 14.5. The molecule has 20 heavy (non-hydrogen) atoms. The molecule has 1 heterocycles. The van der Waals surface area contributed by atoms with Gasteiger partial charge < -0.3 is 4.90 Å². The predicted octanol–water partition coefficient (Wildman–Crippen LogP) is 1.81. The molecule has 4 heteroatoms. The number of hydrogen-bond donors (Lipinski definition) is 0. The molecule has 0 unspecified atom stereocenters. The number of hydrogen-bond acceptors (Lipinski definition) is 3. The van der Waals surface area contributed by atoms with Gasteiger partial charge in [-0.3, -0.25) is 9.69 Å². The van der Waals surface area contributed by atoms with E-state index in [1.807, 2.05) is 6.07 Å². The molecule has 1 amide bonds. The van der Waals surface area contributed by atoms with Gasteiger partial charge in [0.2, 0.25) is 5.91 Å². The zero-order chi connectivity index (χ0) is 14.8. The van der Waals surface area contributed by atoms with Crippen LogP contribution in [0.2, 0.25) is 0 Å². The number of likely N-dealkylation sites (N-methyl/N-ethyl adjacent to an activating group) is 1. The quantitative estimate of drug-likeness (QED) is 0.842. The van der Waals surface area contributed by atoms with Crippen molar-refractivity contribution >= 4 is 5.91 Å². The Hall–Kier alpha value is -1.86. The topological polar surface area (TPSA) is 47.3 Å². The standard InChI is InChI=1S/C16H21N3O/c1-16(2,12-17)18(3)15(20)11-19-9-8-13-6-4-5-7-14(13)10-19/h4-7H,8-11H2,1-3H3. The first-order chi connectivity index (χ1) is 9.44. The van der Waals surface area contributed by atoms with Crippen LogP contribution in [0.5, 0.6) is 0 Å². The van der Waals surface area contributed by atoms with E-state index in [0.717, 1.165) is 19.5 Å². The molecule has 1 aliphatic heterocycles. The smallest absolute Gasteiger partial charge is 0.237 e. The average molecular weight is 271 g/mol. The number of carbonyl (C=O) groups excluding carboxylic acids is 1. The number of benzene rings is 1. The van der Waals surface area contributed by atoms with Crippen LogP contribution in [0.25, 0.3) is 0 Å². The van der Waals surface area contributed by atoms with Gasteiger partial charge in [-0.15, -0.1) is 0 Å². The molecule has 0 fully saturated rings. The van der Waals surface area contributed by atoms with Crippen LogP contribution in [0.15, 0.2) is 24.3 Å². The van der Waals surface area contributed by atoms with Crippen molar-refractivity contribution in [2.24, 2.45) is 0 Å². The zero-order valence-electron chi connectivity index (χ0n) is 12.4. The molecule has 0 saturated carbocycles. The lowest BCUT2D eigenvalue weighted by Crippen LogP contribution is -2.48. The van der Waals surface area contributed by atoms with Gasteiger partial charge in [-0.1, -0.05) is 24.3 Å². The summed E-state index contributed by atoms with van der Waals surface area (Å²) in [6.07, 6.45) is 0.981. The Labute approximate surface area is 120 Å². The summed E-state index contributed by atoms with van der Waals surface area (Å²) >= 11 is 0. The van der Waals surface area contributed by atoms with Gasteiger partial charge in [-0.2, -0.15) is 5.26 Å². The van der Waals surface area contributed by atoms with E-state index >= 15 is 0 Å². The van der Waals surface area contributed by atoms with Gasteiger partial charge >= 0.3 is 0 Å². The average Bonchev–Trinajstić information content (AvgIpc) is 2.46. The lowest BCUT2D eigenvalue weighted by molar-refractivity contribution is -0.134. The van der Waals surface area contributed by atoms with E-state index in [1.165, 1.54) is 16.0 Å². The van der Waals surface area contributed by atoms with Crippen LogP contribution in [-0.4, -0.2) is 41.4 Å². The molecule has 0 radical (unpaired) electrons. The molecule has 2 rings (SSSR count). The summed E-state index contributed by atoms with van der Waals surface area (Å²) in [4.78, 5) is 15.9. The van der Waals surface area contributed by atoms with E-state index in [9.17, 15) is 4.79 Å². The summed E-state index contributed by atoms with van der Waals surface area (Å²) < 4.78 is 0. The molecular formula is C16H21N3O. The summed E-state index contributed by atoms with van der Waals surface area (Å²) in [5.74, 6) is -0.00377. The van der Waals surface area contributed by atoms with E-state index in [0.29, 0.717) is 6.54 Å². The highest BCUT2D eigenvalue weighted by Gasteiger charge is 2.28. The predicted molar refractivity (Wildman–Crippen MR) is 77.9 cm³/mol. The maximum Gasteiger partial charge on any atom is 0.237 e. The van der Waals surface area contributed by atoms with Crippen LogP contribution in [0.4, 0.5) is 0 Å². The fourth-order valence-electron chi connectivity index (χ4n) is 2.37. The van der Waals surface area contributed by atoms with Crippen molar-refractivity contribution in [2.75, 3.05) is 20.1 Å². The molecule has 0 aromatic heterocycles. The highest BCUT2D eigenvalue weighted by Crippen LogP contribution is 2.19. The van der Waals surface area contributed by atoms with Crippen LogP contribution in [0.3, 0.4) is 0 Å². The number of rotatable bonds is 3. The molecule has 0 aliphatic carbocycles. The molecule has 0 saturated heterocycles. The Morgan fingerprint density at radius 3 is 2.70 bits per heavy atom. The highest BCUT2D eigenvalue weighted by atomic mass is 16.2. The third-order valence-electron chi connectivity index (χ3n) is 4.05. The summed E-state index contributed by atoms with van der Waals surface area (Å²) in [7, 11) is 1.70. The van der Waals surface area contributed by atoms with Gasteiger partial charge in [0.1, 0.15) is 5.54 Å². The first-order valence-electron chi connectivity index (χ1n) is 6.91. The molecule has 4 nitrogen and oxygen atoms in total. The first-order valence-corrected chi connectivity index (χ1v) is 6.91. The maximum atomic E-state index is 12.3. The zero-order valence-corrected chi connectivity index (χ0v) is 12.4. The molecule has 0 spiro atoms. The molecule has 0 bridgehead atoms. The van der Waals surface area contributed by atoms with Crippen LogP contribution in [0, 0.1) is 11.3 Å².